The van der Waals surface area contributed by atoms with Crippen LogP contribution in [0.15, 0.2) is 103 Å². The number of ether oxygens (including phenoxy) is 1. The second-order valence-corrected chi connectivity index (χ2v) is 7.96. The number of fused-ring (bicyclic) bond motifs is 1. The Morgan fingerprint density at radius 1 is 0.735 bits per heavy atom. The van der Waals surface area contributed by atoms with E-state index in [9.17, 15) is 9.59 Å². The number of pyridine rings is 1. The lowest BCUT2D eigenvalue weighted by molar-refractivity contribution is -0.123. The van der Waals surface area contributed by atoms with Gasteiger partial charge in [0.2, 0.25) is 0 Å². The van der Waals surface area contributed by atoms with Crippen molar-refractivity contribution in [1.82, 2.24) is 9.88 Å². The molecule has 34 heavy (non-hydrogen) atoms. The summed E-state index contributed by atoms with van der Waals surface area (Å²) in [5.41, 5.74) is 4.21. The van der Waals surface area contributed by atoms with Gasteiger partial charge >= 0.3 is 0 Å². The number of aromatic nitrogens is 1. The lowest BCUT2D eigenvalue weighted by Crippen LogP contribution is -2.41. The van der Waals surface area contributed by atoms with Gasteiger partial charge in [0.05, 0.1) is 12.2 Å². The number of rotatable bonds is 6. The van der Waals surface area contributed by atoms with Crippen LogP contribution >= 0.6 is 0 Å². The first-order chi connectivity index (χ1) is 16.7. The zero-order valence-corrected chi connectivity index (χ0v) is 18.4. The average Bonchev–Trinajstić information content (AvgIpc) is 2.90. The molecule has 0 atom stereocenters. The molecule has 0 radical (unpaired) electrons. The number of imide groups is 1. The van der Waals surface area contributed by atoms with Crippen molar-refractivity contribution >= 4 is 23.5 Å². The molecule has 0 N–H and O–H groups in total. The first kappa shape index (κ1) is 21.3. The smallest absolute Gasteiger partial charge is 0.261 e. The quantitative estimate of drug-likeness (QED) is 0.295. The summed E-state index contributed by atoms with van der Waals surface area (Å²) >= 11 is 0. The van der Waals surface area contributed by atoms with Gasteiger partial charge in [-0.3, -0.25) is 19.5 Å². The summed E-state index contributed by atoms with van der Waals surface area (Å²) in [6.45, 7) is 0.605. The topological polar surface area (TPSA) is 59.5 Å². The molecule has 2 heterocycles. The predicted molar refractivity (Wildman–Crippen MR) is 131 cm³/mol. The van der Waals surface area contributed by atoms with E-state index in [4.69, 9.17) is 4.74 Å². The lowest BCUT2D eigenvalue weighted by atomic mass is 9.92. The lowest BCUT2D eigenvalue weighted by Gasteiger charge is -2.28. The van der Waals surface area contributed by atoms with Crippen molar-refractivity contribution in [1.29, 1.82) is 0 Å². The fourth-order valence-electron chi connectivity index (χ4n) is 3.91. The van der Waals surface area contributed by atoms with E-state index < -0.39 is 0 Å². The second kappa shape index (κ2) is 9.55. The van der Waals surface area contributed by atoms with Crippen molar-refractivity contribution in [2.24, 2.45) is 0 Å². The maximum absolute atomic E-state index is 13.4. The molecule has 166 valence electrons. The van der Waals surface area contributed by atoms with Crippen molar-refractivity contribution in [2.75, 3.05) is 0 Å². The molecule has 1 aliphatic heterocycles. The third-order valence-corrected chi connectivity index (χ3v) is 5.65. The van der Waals surface area contributed by atoms with Crippen LogP contribution in [0.5, 0.6) is 5.75 Å². The van der Waals surface area contributed by atoms with Gasteiger partial charge in [0.25, 0.3) is 11.8 Å². The molecule has 5 nitrogen and oxygen atoms in total. The maximum Gasteiger partial charge on any atom is 0.261 e. The zero-order valence-electron chi connectivity index (χ0n) is 18.4. The van der Waals surface area contributed by atoms with E-state index in [0.717, 1.165) is 16.9 Å². The van der Waals surface area contributed by atoms with Crippen molar-refractivity contribution in [3.05, 3.63) is 131 Å². The van der Waals surface area contributed by atoms with Gasteiger partial charge in [-0.1, -0.05) is 66.7 Å². The minimum absolute atomic E-state index is 0.121. The number of carbonyl (C=O) groups excluding carboxylic acids is 2. The minimum Gasteiger partial charge on any atom is -0.489 e. The van der Waals surface area contributed by atoms with Gasteiger partial charge in [-0.2, -0.15) is 0 Å². The largest absolute Gasteiger partial charge is 0.489 e. The Hall–Kier alpha value is -4.51. The van der Waals surface area contributed by atoms with Crippen LogP contribution in [0.4, 0.5) is 0 Å². The van der Waals surface area contributed by atoms with Gasteiger partial charge in [0, 0.05) is 17.3 Å². The minimum atomic E-state index is -0.334. The maximum atomic E-state index is 13.4. The van der Waals surface area contributed by atoms with Crippen LogP contribution in [0.3, 0.4) is 0 Å². The predicted octanol–water partition coefficient (Wildman–Crippen LogP) is 5.38. The van der Waals surface area contributed by atoms with E-state index in [-0.39, 0.29) is 18.4 Å². The molecule has 5 rings (SSSR count). The fourth-order valence-corrected chi connectivity index (χ4v) is 3.91. The Bertz CT molecular complexity index is 1350. The third-order valence-electron chi connectivity index (χ3n) is 5.65. The Kier molecular flexibility index (Phi) is 5.99. The molecule has 0 spiro atoms. The summed E-state index contributed by atoms with van der Waals surface area (Å²) in [5.74, 6) is 0.0974. The van der Waals surface area contributed by atoms with Crippen LogP contribution in [0.2, 0.25) is 0 Å². The fraction of sp³-hybridized carbons (Fsp3) is 0.0690. The van der Waals surface area contributed by atoms with E-state index in [2.05, 4.69) is 4.98 Å². The standard InChI is InChI=1S/C29H22N2O3/c32-28-26-12-5-4-11-25(26)27(29(33)31(28)19-23-10-6-7-17-30-23)18-21-13-15-24(16-14-21)34-20-22-8-2-1-3-9-22/h1-18H,19-20H2/b27-18-. The van der Waals surface area contributed by atoms with Gasteiger partial charge in [0.15, 0.2) is 0 Å². The van der Waals surface area contributed by atoms with E-state index in [1.54, 1.807) is 24.4 Å². The Morgan fingerprint density at radius 3 is 2.18 bits per heavy atom. The van der Waals surface area contributed by atoms with E-state index >= 15 is 0 Å². The Morgan fingerprint density at radius 2 is 1.44 bits per heavy atom. The highest BCUT2D eigenvalue weighted by Crippen LogP contribution is 2.31. The van der Waals surface area contributed by atoms with Gasteiger partial charge in [0.1, 0.15) is 12.4 Å². The van der Waals surface area contributed by atoms with Gasteiger partial charge < -0.3 is 4.74 Å². The van der Waals surface area contributed by atoms with Gasteiger partial charge in [-0.15, -0.1) is 0 Å². The Labute approximate surface area is 198 Å². The molecule has 0 saturated carbocycles. The van der Waals surface area contributed by atoms with E-state index in [1.807, 2.05) is 84.9 Å². The van der Waals surface area contributed by atoms with Crippen LogP contribution in [0, 0.1) is 0 Å². The van der Waals surface area contributed by atoms with Crippen LogP contribution in [-0.4, -0.2) is 21.7 Å². The average molecular weight is 447 g/mol. The monoisotopic (exact) mass is 446 g/mol. The van der Waals surface area contributed by atoms with Crippen LogP contribution in [0.25, 0.3) is 11.6 Å². The number of hydrogen-bond acceptors (Lipinski definition) is 4. The summed E-state index contributed by atoms with van der Waals surface area (Å²) < 4.78 is 5.86. The second-order valence-electron chi connectivity index (χ2n) is 7.96. The molecule has 5 heteroatoms. The van der Waals surface area contributed by atoms with Gasteiger partial charge in [-0.25, -0.2) is 0 Å². The summed E-state index contributed by atoms with van der Waals surface area (Å²) in [5, 5.41) is 0. The number of hydrogen-bond donors (Lipinski definition) is 0. The number of carbonyl (C=O) groups is 2. The highest BCUT2D eigenvalue weighted by atomic mass is 16.5. The van der Waals surface area contributed by atoms with Crippen LogP contribution in [-0.2, 0) is 17.9 Å². The molecule has 1 aromatic heterocycles. The molecule has 0 bridgehead atoms. The van der Waals surface area contributed by atoms with Crippen molar-refractivity contribution < 1.29 is 14.3 Å². The highest BCUT2D eigenvalue weighted by Gasteiger charge is 2.34. The zero-order chi connectivity index (χ0) is 23.3. The first-order valence-electron chi connectivity index (χ1n) is 11.0. The highest BCUT2D eigenvalue weighted by molar-refractivity contribution is 6.33. The van der Waals surface area contributed by atoms with Crippen molar-refractivity contribution in [3.8, 4) is 5.75 Å². The summed E-state index contributed by atoms with van der Waals surface area (Å²) in [4.78, 5) is 32.0. The normalized spacial score (nSPS) is 14.2. The molecule has 0 aliphatic carbocycles. The van der Waals surface area contributed by atoms with Gasteiger partial charge in [-0.05, 0) is 53.1 Å². The van der Waals surface area contributed by atoms with Crippen LogP contribution in [0.1, 0.15) is 32.7 Å². The van der Waals surface area contributed by atoms with Crippen LogP contribution < -0.4 is 4.74 Å². The number of nitrogens with zero attached hydrogens (tertiary/aromatic N) is 2. The molecule has 0 saturated heterocycles. The summed E-state index contributed by atoms with van der Waals surface area (Å²) in [6, 6.07) is 30.2. The molecular weight excluding hydrogens is 424 g/mol. The van der Waals surface area contributed by atoms with E-state index in [0.29, 0.717) is 29.0 Å². The molecule has 3 aromatic carbocycles. The molecule has 0 fully saturated rings. The summed E-state index contributed by atoms with van der Waals surface area (Å²) in [7, 11) is 0. The Balaban J connectivity index is 1.42. The van der Waals surface area contributed by atoms with Crippen molar-refractivity contribution in [2.45, 2.75) is 13.2 Å². The number of amides is 2. The molecular formula is C29H22N2O3. The molecule has 0 unspecified atom stereocenters. The molecule has 4 aromatic rings. The SMILES string of the molecule is O=C1/C(=C\c2ccc(OCc3ccccc3)cc2)c2ccccc2C(=O)N1Cc1ccccn1. The number of benzene rings is 3. The van der Waals surface area contributed by atoms with E-state index in [1.165, 1.54) is 4.90 Å². The molecule has 1 aliphatic rings. The summed E-state index contributed by atoms with van der Waals surface area (Å²) in [6.07, 6.45) is 3.47. The van der Waals surface area contributed by atoms with Crippen molar-refractivity contribution in [3.63, 3.8) is 0 Å². The first-order valence-corrected chi connectivity index (χ1v) is 11.0. The third kappa shape index (κ3) is 4.50. The molecule has 2 amide bonds.